The summed E-state index contributed by atoms with van der Waals surface area (Å²) in [6, 6.07) is 0. The summed E-state index contributed by atoms with van der Waals surface area (Å²) in [7, 11) is 1.64. The van der Waals surface area contributed by atoms with Gasteiger partial charge in [0.2, 0.25) is 0 Å². The Balaban J connectivity index is 2.66. The summed E-state index contributed by atoms with van der Waals surface area (Å²) in [6.07, 6.45) is 4.25. The van der Waals surface area contributed by atoms with Crippen LogP contribution in [-0.2, 0) is 0 Å². The van der Waals surface area contributed by atoms with Crippen molar-refractivity contribution < 1.29 is 10.0 Å². The molecule has 0 aliphatic rings. The topological polar surface area (TPSA) is 105 Å². The monoisotopic (exact) mass is 237 g/mol. The molecule has 0 saturated heterocycles. The standard InChI is InChI=1S/C10H15N5O2/c1-7(9(11)14-17)5-15(2)10(16)8-3-12-6-13-4-8/h3-4,6-7,17H,5H2,1-2H3,(H2,11,14). The second-order valence-corrected chi connectivity index (χ2v) is 3.74. The fourth-order valence-electron chi connectivity index (χ4n) is 1.32. The summed E-state index contributed by atoms with van der Waals surface area (Å²) in [6.45, 7) is 2.12. The van der Waals surface area contributed by atoms with Gasteiger partial charge in [-0.15, -0.1) is 0 Å². The van der Waals surface area contributed by atoms with Gasteiger partial charge in [0.15, 0.2) is 0 Å². The third-order valence-corrected chi connectivity index (χ3v) is 2.32. The van der Waals surface area contributed by atoms with E-state index in [-0.39, 0.29) is 17.7 Å². The number of carbonyl (C=O) groups is 1. The molecular weight excluding hydrogens is 222 g/mol. The van der Waals surface area contributed by atoms with Crippen molar-refractivity contribution in [1.82, 2.24) is 14.9 Å². The minimum Gasteiger partial charge on any atom is -0.409 e. The van der Waals surface area contributed by atoms with Gasteiger partial charge in [0.1, 0.15) is 12.2 Å². The quantitative estimate of drug-likeness (QED) is 0.330. The lowest BCUT2D eigenvalue weighted by Gasteiger charge is -2.20. The molecule has 1 aromatic rings. The Kier molecular flexibility index (Phi) is 4.38. The first-order valence-corrected chi connectivity index (χ1v) is 5.04. The van der Waals surface area contributed by atoms with Crippen LogP contribution in [0.1, 0.15) is 17.3 Å². The van der Waals surface area contributed by atoms with Crippen LogP contribution in [0.2, 0.25) is 0 Å². The number of amides is 1. The molecule has 1 rings (SSSR count). The van der Waals surface area contributed by atoms with Crippen LogP contribution in [0.3, 0.4) is 0 Å². The Bertz CT molecular complexity index is 406. The van der Waals surface area contributed by atoms with E-state index >= 15 is 0 Å². The lowest BCUT2D eigenvalue weighted by Crippen LogP contribution is -2.36. The van der Waals surface area contributed by atoms with E-state index < -0.39 is 0 Å². The molecular formula is C10H15N5O2. The van der Waals surface area contributed by atoms with E-state index in [1.807, 2.05) is 0 Å². The summed E-state index contributed by atoms with van der Waals surface area (Å²) in [4.78, 5) is 20.9. The van der Waals surface area contributed by atoms with Crippen LogP contribution in [0.25, 0.3) is 0 Å². The summed E-state index contributed by atoms with van der Waals surface area (Å²) >= 11 is 0. The first-order valence-electron chi connectivity index (χ1n) is 5.04. The number of hydrogen-bond acceptors (Lipinski definition) is 5. The van der Waals surface area contributed by atoms with Crippen molar-refractivity contribution in [3.8, 4) is 0 Å². The van der Waals surface area contributed by atoms with Gasteiger partial charge in [-0.3, -0.25) is 4.79 Å². The van der Waals surface area contributed by atoms with Crippen molar-refractivity contribution in [2.24, 2.45) is 16.8 Å². The molecule has 1 aromatic heterocycles. The van der Waals surface area contributed by atoms with E-state index in [0.29, 0.717) is 12.1 Å². The lowest BCUT2D eigenvalue weighted by molar-refractivity contribution is 0.0785. The fraction of sp³-hybridized carbons (Fsp3) is 0.400. The second kappa shape index (κ2) is 5.78. The zero-order valence-electron chi connectivity index (χ0n) is 9.74. The highest BCUT2D eigenvalue weighted by Crippen LogP contribution is 2.04. The van der Waals surface area contributed by atoms with Gasteiger partial charge in [-0.1, -0.05) is 12.1 Å². The molecule has 1 unspecified atom stereocenters. The molecule has 1 atom stereocenters. The SMILES string of the molecule is CC(CN(C)C(=O)c1cncnc1)C(N)=NO. The summed E-state index contributed by atoms with van der Waals surface area (Å²) in [5, 5.41) is 11.4. The molecule has 0 spiro atoms. The smallest absolute Gasteiger partial charge is 0.256 e. The van der Waals surface area contributed by atoms with Gasteiger partial charge in [0.05, 0.1) is 5.56 Å². The number of carbonyl (C=O) groups excluding carboxylic acids is 1. The van der Waals surface area contributed by atoms with E-state index in [0.717, 1.165) is 0 Å². The predicted molar refractivity (Wildman–Crippen MR) is 61.6 cm³/mol. The summed E-state index contributed by atoms with van der Waals surface area (Å²) in [5.41, 5.74) is 5.85. The predicted octanol–water partition coefficient (Wildman–Crippen LogP) is -0.0689. The molecule has 92 valence electrons. The highest BCUT2D eigenvalue weighted by Gasteiger charge is 2.16. The highest BCUT2D eigenvalue weighted by molar-refractivity contribution is 5.93. The summed E-state index contributed by atoms with van der Waals surface area (Å²) in [5.74, 6) is -0.337. The number of oxime groups is 1. The van der Waals surface area contributed by atoms with Crippen LogP contribution in [0.5, 0.6) is 0 Å². The molecule has 7 nitrogen and oxygen atoms in total. The molecule has 0 radical (unpaired) electrons. The highest BCUT2D eigenvalue weighted by atomic mass is 16.4. The fourth-order valence-corrected chi connectivity index (χ4v) is 1.32. The Morgan fingerprint density at radius 1 is 1.59 bits per heavy atom. The Hall–Kier alpha value is -2.18. The largest absolute Gasteiger partial charge is 0.409 e. The van der Waals surface area contributed by atoms with Gasteiger partial charge in [0.25, 0.3) is 5.91 Å². The molecule has 7 heteroatoms. The zero-order valence-corrected chi connectivity index (χ0v) is 9.74. The number of amidine groups is 1. The van der Waals surface area contributed by atoms with Crippen LogP contribution in [0.15, 0.2) is 23.9 Å². The molecule has 0 fully saturated rings. The second-order valence-electron chi connectivity index (χ2n) is 3.74. The Labute approximate surface area is 99.0 Å². The molecule has 17 heavy (non-hydrogen) atoms. The summed E-state index contributed by atoms with van der Waals surface area (Å²) < 4.78 is 0. The molecule has 1 amide bonds. The van der Waals surface area contributed by atoms with Gasteiger partial charge < -0.3 is 15.8 Å². The minimum atomic E-state index is -0.224. The normalized spacial score (nSPS) is 13.2. The van der Waals surface area contributed by atoms with Gasteiger partial charge in [0, 0.05) is 31.9 Å². The first kappa shape index (κ1) is 12.9. The maximum absolute atomic E-state index is 11.9. The number of hydrogen-bond donors (Lipinski definition) is 2. The van der Waals surface area contributed by atoms with Gasteiger partial charge >= 0.3 is 0 Å². The van der Waals surface area contributed by atoms with E-state index in [9.17, 15) is 4.79 Å². The third-order valence-electron chi connectivity index (χ3n) is 2.32. The van der Waals surface area contributed by atoms with Gasteiger partial charge in [-0.2, -0.15) is 0 Å². The van der Waals surface area contributed by atoms with Crippen molar-refractivity contribution in [1.29, 1.82) is 0 Å². The van der Waals surface area contributed by atoms with E-state index in [2.05, 4.69) is 15.1 Å². The first-order chi connectivity index (χ1) is 8.06. The molecule has 1 heterocycles. The van der Waals surface area contributed by atoms with Crippen LogP contribution >= 0.6 is 0 Å². The number of rotatable bonds is 4. The number of aromatic nitrogens is 2. The third kappa shape index (κ3) is 3.40. The average molecular weight is 237 g/mol. The van der Waals surface area contributed by atoms with E-state index in [4.69, 9.17) is 10.9 Å². The molecule has 0 aliphatic carbocycles. The van der Waals surface area contributed by atoms with Crippen molar-refractivity contribution in [3.05, 3.63) is 24.3 Å². The van der Waals surface area contributed by atoms with Crippen LogP contribution in [0, 0.1) is 5.92 Å². The number of nitrogens with zero attached hydrogens (tertiary/aromatic N) is 4. The van der Waals surface area contributed by atoms with Gasteiger partial charge in [-0.05, 0) is 0 Å². The lowest BCUT2D eigenvalue weighted by atomic mass is 10.1. The molecule has 0 saturated carbocycles. The zero-order chi connectivity index (χ0) is 12.8. The number of nitrogens with two attached hydrogens (primary N) is 1. The maximum atomic E-state index is 11.9. The average Bonchev–Trinajstić information content (AvgIpc) is 2.37. The Morgan fingerprint density at radius 2 is 2.18 bits per heavy atom. The molecule has 0 aromatic carbocycles. The van der Waals surface area contributed by atoms with E-state index in [1.54, 1.807) is 14.0 Å². The molecule has 0 bridgehead atoms. The minimum absolute atomic E-state index is 0.0916. The maximum Gasteiger partial charge on any atom is 0.256 e. The van der Waals surface area contributed by atoms with Crippen molar-refractivity contribution >= 4 is 11.7 Å². The van der Waals surface area contributed by atoms with Crippen molar-refractivity contribution in [3.63, 3.8) is 0 Å². The van der Waals surface area contributed by atoms with E-state index in [1.165, 1.54) is 23.6 Å². The Morgan fingerprint density at radius 3 is 2.71 bits per heavy atom. The molecule has 3 N–H and O–H groups in total. The van der Waals surface area contributed by atoms with Crippen LogP contribution < -0.4 is 5.73 Å². The van der Waals surface area contributed by atoms with Crippen molar-refractivity contribution in [2.75, 3.05) is 13.6 Å². The molecule has 0 aliphatic heterocycles. The van der Waals surface area contributed by atoms with Crippen LogP contribution in [-0.4, -0.2) is 45.4 Å². The van der Waals surface area contributed by atoms with Crippen molar-refractivity contribution in [2.45, 2.75) is 6.92 Å². The van der Waals surface area contributed by atoms with Crippen LogP contribution in [0.4, 0.5) is 0 Å². The van der Waals surface area contributed by atoms with Gasteiger partial charge in [-0.25, -0.2) is 9.97 Å².